The summed E-state index contributed by atoms with van der Waals surface area (Å²) in [4.78, 5) is 36.4. The van der Waals surface area contributed by atoms with Gasteiger partial charge in [0, 0.05) is 26.2 Å². The number of urea groups is 1. The topological polar surface area (TPSA) is 111 Å². The molecule has 120 valence electrons. The summed E-state index contributed by atoms with van der Waals surface area (Å²) in [6.07, 6.45) is 0. The summed E-state index contributed by atoms with van der Waals surface area (Å²) in [5.74, 6) is -1.28. The van der Waals surface area contributed by atoms with E-state index in [0.29, 0.717) is 13.1 Å². The fraction of sp³-hybridized carbons (Fsp3) is 0.769. The van der Waals surface area contributed by atoms with Gasteiger partial charge in [-0.3, -0.25) is 4.79 Å². The van der Waals surface area contributed by atoms with Crippen LogP contribution in [0.3, 0.4) is 0 Å². The van der Waals surface area contributed by atoms with E-state index in [9.17, 15) is 14.4 Å². The van der Waals surface area contributed by atoms with Crippen LogP contribution < -0.4 is 16.0 Å². The quantitative estimate of drug-likeness (QED) is 0.544. The van der Waals surface area contributed by atoms with Crippen molar-refractivity contribution in [3.8, 4) is 0 Å². The molecule has 0 aromatic rings. The Morgan fingerprint density at radius 3 is 2.29 bits per heavy atom. The predicted molar refractivity (Wildman–Crippen MR) is 76.9 cm³/mol. The van der Waals surface area contributed by atoms with Crippen LogP contribution in [0.15, 0.2) is 0 Å². The SMILES string of the molecule is CC(C)(C)[C@@H](NC(=O)NCC(=O)N1CCNCC1)C(=O)O. The van der Waals surface area contributed by atoms with E-state index in [1.807, 2.05) is 0 Å². The number of carbonyl (C=O) groups is 3. The van der Waals surface area contributed by atoms with Crippen molar-refractivity contribution in [1.82, 2.24) is 20.9 Å². The Hall–Kier alpha value is -1.83. The first-order valence-corrected chi connectivity index (χ1v) is 6.97. The van der Waals surface area contributed by atoms with Crippen LogP contribution in [0.25, 0.3) is 0 Å². The average molecular weight is 300 g/mol. The number of piperazine rings is 1. The van der Waals surface area contributed by atoms with Crippen LogP contribution in [0.5, 0.6) is 0 Å². The number of aliphatic carboxylic acids is 1. The summed E-state index contributed by atoms with van der Waals surface area (Å²) in [5, 5.41) is 17.0. The molecule has 0 aromatic heterocycles. The van der Waals surface area contributed by atoms with Gasteiger partial charge in [-0.1, -0.05) is 20.8 Å². The minimum atomic E-state index is -1.11. The van der Waals surface area contributed by atoms with Gasteiger partial charge in [0.2, 0.25) is 5.91 Å². The molecule has 8 heteroatoms. The highest BCUT2D eigenvalue weighted by molar-refractivity contribution is 5.87. The first-order valence-electron chi connectivity index (χ1n) is 6.97. The average Bonchev–Trinajstić information content (AvgIpc) is 2.41. The maximum Gasteiger partial charge on any atom is 0.326 e. The lowest BCUT2D eigenvalue weighted by atomic mass is 9.87. The van der Waals surface area contributed by atoms with Gasteiger partial charge in [-0.15, -0.1) is 0 Å². The summed E-state index contributed by atoms with van der Waals surface area (Å²) in [5.41, 5.74) is -0.619. The lowest BCUT2D eigenvalue weighted by Crippen LogP contribution is -2.54. The first-order chi connectivity index (χ1) is 9.71. The Kier molecular flexibility index (Phi) is 5.95. The van der Waals surface area contributed by atoms with Gasteiger partial charge < -0.3 is 26.0 Å². The number of carbonyl (C=O) groups excluding carboxylic acids is 2. The van der Waals surface area contributed by atoms with Gasteiger partial charge in [0.1, 0.15) is 6.04 Å². The third kappa shape index (κ3) is 5.58. The molecule has 0 unspecified atom stereocenters. The largest absolute Gasteiger partial charge is 0.480 e. The molecule has 8 nitrogen and oxygen atoms in total. The predicted octanol–water partition coefficient (Wildman–Crippen LogP) is -0.783. The van der Waals surface area contributed by atoms with Gasteiger partial charge in [-0.2, -0.15) is 0 Å². The Morgan fingerprint density at radius 2 is 1.81 bits per heavy atom. The van der Waals surface area contributed by atoms with Crippen LogP contribution in [-0.4, -0.2) is 66.7 Å². The van der Waals surface area contributed by atoms with E-state index in [0.717, 1.165) is 13.1 Å². The number of nitrogens with zero attached hydrogens (tertiary/aromatic N) is 1. The van der Waals surface area contributed by atoms with Crippen LogP contribution in [-0.2, 0) is 9.59 Å². The number of hydrogen-bond donors (Lipinski definition) is 4. The lowest BCUT2D eigenvalue weighted by Gasteiger charge is -2.29. The molecule has 1 aliphatic heterocycles. The molecule has 1 heterocycles. The third-order valence-electron chi connectivity index (χ3n) is 3.26. The molecule has 0 radical (unpaired) electrons. The fourth-order valence-electron chi connectivity index (χ4n) is 2.01. The smallest absolute Gasteiger partial charge is 0.326 e. The maximum atomic E-state index is 11.9. The second-order valence-corrected chi connectivity index (χ2v) is 6.10. The van der Waals surface area contributed by atoms with Crippen LogP contribution in [0.1, 0.15) is 20.8 Å². The van der Waals surface area contributed by atoms with Gasteiger partial charge in [0.15, 0.2) is 0 Å². The normalized spacial score (nSPS) is 17.0. The molecular weight excluding hydrogens is 276 g/mol. The van der Waals surface area contributed by atoms with Crippen LogP contribution in [0, 0.1) is 5.41 Å². The van der Waals surface area contributed by atoms with Gasteiger partial charge in [-0.25, -0.2) is 9.59 Å². The standard InChI is InChI=1S/C13H24N4O4/c1-13(2,3)10(11(19)20)16-12(21)15-8-9(18)17-6-4-14-5-7-17/h10,14H,4-8H2,1-3H3,(H,19,20)(H2,15,16,21)/t10-/m0/s1. The van der Waals surface area contributed by atoms with Crippen molar-refractivity contribution in [1.29, 1.82) is 0 Å². The molecule has 1 fully saturated rings. The zero-order valence-corrected chi connectivity index (χ0v) is 12.7. The summed E-state index contributed by atoms with van der Waals surface area (Å²) < 4.78 is 0. The third-order valence-corrected chi connectivity index (χ3v) is 3.26. The zero-order chi connectivity index (χ0) is 16.0. The zero-order valence-electron chi connectivity index (χ0n) is 12.7. The van der Waals surface area contributed by atoms with Gasteiger partial charge >= 0.3 is 12.0 Å². The van der Waals surface area contributed by atoms with E-state index in [1.165, 1.54) is 0 Å². The molecule has 1 aliphatic rings. The van der Waals surface area contributed by atoms with Crippen molar-refractivity contribution in [3.63, 3.8) is 0 Å². The van der Waals surface area contributed by atoms with Crippen molar-refractivity contribution in [3.05, 3.63) is 0 Å². The van der Waals surface area contributed by atoms with Crippen molar-refractivity contribution in [2.24, 2.45) is 5.41 Å². The molecule has 21 heavy (non-hydrogen) atoms. The molecular formula is C13H24N4O4. The molecule has 4 N–H and O–H groups in total. The molecule has 0 spiro atoms. The number of nitrogens with one attached hydrogen (secondary N) is 3. The van der Waals surface area contributed by atoms with Crippen LogP contribution >= 0.6 is 0 Å². The highest BCUT2D eigenvalue weighted by atomic mass is 16.4. The van der Waals surface area contributed by atoms with E-state index in [2.05, 4.69) is 16.0 Å². The summed E-state index contributed by atoms with van der Waals surface area (Å²) in [7, 11) is 0. The van der Waals surface area contributed by atoms with Gasteiger partial charge in [-0.05, 0) is 5.41 Å². The van der Waals surface area contributed by atoms with Crippen LogP contribution in [0.4, 0.5) is 4.79 Å². The monoisotopic (exact) mass is 300 g/mol. The van der Waals surface area contributed by atoms with Crippen LogP contribution in [0.2, 0.25) is 0 Å². The summed E-state index contributed by atoms with van der Waals surface area (Å²) in [6, 6.07) is -1.67. The lowest BCUT2D eigenvalue weighted by molar-refractivity contribution is -0.141. The Bertz CT molecular complexity index is 399. The minimum Gasteiger partial charge on any atom is -0.480 e. The summed E-state index contributed by atoms with van der Waals surface area (Å²) >= 11 is 0. The maximum absolute atomic E-state index is 11.9. The van der Waals surface area contributed by atoms with Crippen molar-refractivity contribution in [2.45, 2.75) is 26.8 Å². The second kappa shape index (κ2) is 7.26. The van der Waals surface area contributed by atoms with E-state index < -0.39 is 23.5 Å². The molecule has 0 saturated carbocycles. The van der Waals surface area contributed by atoms with E-state index in [4.69, 9.17) is 5.11 Å². The van der Waals surface area contributed by atoms with Crippen molar-refractivity contribution in [2.75, 3.05) is 32.7 Å². The molecule has 0 aromatic carbocycles. The number of amides is 3. The minimum absolute atomic E-state index is 0.137. The number of hydrogen-bond acceptors (Lipinski definition) is 4. The Morgan fingerprint density at radius 1 is 1.24 bits per heavy atom. The molecule has 1 rings (SSSR count). The van der Waals surface area contributed by atoms with Gasteiger partial charge in [0.25, 0.3) is 0 Å². The number of rotatable bonds is 4. The molecule has 1 atom stereocenters. The number of carboxylic acid groups (broad SMARTS) is 1. The van der Waals surface area contributed by atoms with E-state index in [-0.39, 0.29) is 12.5 Å². The Balaban J connectivity index is 2.42. The van der Waals surface area contributed by atoms with E-state index >= 15 is 0 Å². The molecule has 3 amide bonds. The summed E-state index contributed by atoms with van der Waals surface area (Å²) in [6.45, 7) is 7.73. The molecule has 1 saturated heterocycles. The highest BCUT2D eigenvalue weighted by Gasteiger charge is 2.32. The van der Waals surface area contributed by atoms with Crippen molar-refractivity contribution < 1.29 is 19.5 Å². The van der Waals surface area contributed by atoms with Gasteiger partial charge in [0.05, 0.1) is 6.54 Å². The van der Waals surface area contributed by atoms with Crippen molar-refractivity contribution >= 4 is 17.9 Å². The highest BCUT2D eigenvalue weighted by Crippen LogP contribution is 2.19. The number of carboxylic acids is 1. The fourth-order valence-corrected chi connectivity index (χ4v) is 2.01. The molecule has 0 aliphatic carbocycles. The first kappa shape index (κ1) is 17.2. The molecule has 0 bridgehead atoms. The Labute approximate surface area is 124 Å². The van der Waals surface area contributed by atoms with E-state index in [1.54, 1.807) is 25.7 Å². The second-order valence-electron chi connectivity index (χ2n) is 6.10.